The van der Waals surface area contributed by atoms with Crippen LogP contribution in [0.15, 0.2) is 30.6 Å². The van der Waals surface area contributed by atoms with Crippen molar-refractivity contribution in [1.29, 1.82) is 0 Å². The molecule has 38 heavy (non-hydrogen) atoms. The van der Waals surface area contributed by atoms with E-state index in [1.165, 1.54) is 23.0 Å². The van der Waals surface area contributed by atoms with Crippen molar-refractivity contribution in [3.63, 3.8) is 0 Å². The molecule has 210 valence electrons. The highest BCUT2D eigenvalue weighted by Gasteiger charge is 2.23. The van der Waals surface area contributed by atoms with Crippen LogP contribution < -0.4 is 15.4 Å². The van der Waals surface area contributed by atoms with Crippen molar-refractivity contribution in [2.45, 2.75) is 71.4 Å². The van der Waals surface area contributed by atoms with E-state index in [9.17, 15) is 23.9 Å². The number of carboxylic acids is 1. The van der Waals surface area contributed by atoms with Gasteiger partial charge in [-0.25, -0.2) is 18.8 Å². The van der Waals surface area contributed by atoms with Crippen LogP contribution in [0.4, 0.5) is 14.0 Å². The maximum Gasteiger partial charge on any atom is 0.407 e. The van der Waals surface area contributed by atoms with Crippen molar-refractivity contribution in [2.24, 2.45) is 0 Å². The molecule has 0 aliphatic carbocycles. The maximum absolute atomic E-state index is 14.7. The molecule has 0 saturated heterocycles. The van der Waals surface area contributed by atoms with Gasteiger partial charge in [0.15, 0.2) is 6.10 Å². The molecule has 0 fully saturated rings. The van der Waals surface area contributed by atoms with Gasteiger partial charge in [-0.3, -0.25) is 4.68 Å². The summed E-state index contributed by atoms with van der Waals surface area (Å²) in [6.45, 7) is 9.94. The SMILES string of the molecule is CC(C)(C)OC(=O)NCC(Cn1cc(-c2ccc(OC[C@@H](O)C(=O)O)cc2F)cn1)NC(=O)OC(C)(C)C. The molecule has 0 bridgehead atoms. The number of aliphatic hydroxyl groups excluding tert-OH is 1. The number of carbonyl (C=O) groups excluding carboxylic acids is 2. The molecule has 1 unspecified atom stereocenters. The normalized spacial score (nSPS) is 13.3. The molecular formula is C25H35FN4O8. The van der Waals surface area contributed by atoms with E-state index in [1.807, 2.05) is 0 Å². The number of hydrogen-bond donors (Lipinski definition) is 4. The quantitative estimate of drug-likeness (QED) is 0.356. The Balaban J connectivity index is 2.12. The monoisotopic (exact) mass is 538 g/mol. The van der Waals surface area contributed by atoms with Crippen LogP contribution in [0, 0.1) is 5.82 Å². The predicted molar refractivity (Wildman–Crippen MR) is 134 cm³/mol. The largest absolute Gasteiger partial charge is 0.490 e. The first-order valence-corrected chi connectivity index (χ1v) is 11.8. The number of nitrogens with zero attached hydrogens (tertiary/aromatic N) is 2. The molecule has 2 amide bonds. The van der Waals surface area contributed by atoms with E-state index >= 15 is 0 Å². The Kier molecular flexibility index (Phi) is 10.1. The second-order valence-electron chi connectivity index (χ2n) is 10.5. The molecule has 2 atom stereocenters. The van der Waals surface area contributed by atoms with Gasteiger partial charge < -0.3 is 35.1 Å². The molecule has 1 heterocycles. The molecule has 13 heteroatoms. The number of nitrogens with one attached hydrogen (secondary N) is 2. The Hall–Kier alpha value is -3.87. The minimum atomic E-state index is -1.73. The van der Waals surface area contributed by atoms with E-state index in [1.54, 1.807) is 47.7 Å². The fourth-order valence-corrected chi connectivity index (χ4v) is 3.05. The first kappa shape index (κ1) is 30.4. The maximum atomic E-state index is 14.7. The van der Waals surface area contributed by atoms with Crippen LogP contribution in [0.5, 0.6) is 5.75 Å². The van der Waals surface area contributed by atoms with Crippen molar-refractivity contribution >= 4 is 18.2 Å². The summed E-state index contributed by atoms with van der Waals surface area (Å²) in [5.41, 5.74) is -0.803. The van der Waals surface area contributed by atoms with Crippen molar-refractivity contribution in [2.75, 3.05) is 13.2 Å². The van der Waals surface area contributed by atoms with Gasteiger partial charge in [0.25, 0.3) is 0 Å². The van der Waals surface area contributed by atoms with E-state index in [2.05, 4.69) is 15.7 Å². The summed E-state index contributed by atoms with van der Waals surface area (Å²) in [6.07, 6.45) is -0.0861. The minimum Gasteiger partial charge on any atom is -0.490 e. The van der Waals surface area contributed by atoms with Crippen molar-refractivity contribution in [3.05, 3.63) is 36.4 Å². The number of aromatic nitrogens is 2. The highest BCUT2D eigenvalue weighted by molar-refractivity contribution is 5.72. The Bertz CT molecular complexity index is 1120. The van der Waals surface area contributed by atoms with Crippen LogP contribution in [0.1, 0.15) is 41.5 Å². The third-order valence-electron chi connectivity index (χ3n) is 4.60. The van der Waals surface area contributed by atoms with Gasteiger partial charge in [0.05, 0.1) is 18.8 Å². The van der Waals surface area contributed by atoms with Gasteiger partial charge in [-0.1, -0.05) is 0 Å². The van der Waals surface area contributed by atoms with Gasteiger partial charge in [0.2, 0.25) is 0 Å². The molecule has 4 N–H and O–H groups in total. The average Bonchev–Trinajstić information content (AvgIpc) is 3.21. The number of carbonyl (C=O) groups is 3. The Morgan fingerprint density at radius 3 is 2.29 bits per heavy atom. The van der Waals surface area contributed by atoms with Crippen LogP contribution in [0.3, 0.4) is 0 Å². The molecular weight excluding hydrogens is 503 g/mol. The number of benzene rings is 1. The molecule has 2 rings (SSSR count). The molecule has 2 aromatic rings. The lowest BCUT2D eigenvalue weighted by molar-refractivity contribution is -0.148. The summed E-state index contributed by atoms with van der Waals surface area (Å²) >= 11 is 0. The fraction of sp³-hybridized carbons (Fsp3) is 0.520. The van der Waals surface area contributed by atoms with Crippen molar-refractivity contribution in [1.82, 2.24) is 20.4 Å². The van der Waals surface area contributed by atoms with Gasteiger partial charge in [-0.05, 0) is 53.7 Å². The highest BCUT2D eigenvalue weighted by Crippen LogP contribution is 2.26. The van der Waals surface area contributed by atoms with Crippen LogP contribution in [-0.2, 0) is 20.8 Å². The third kappa shape index (κ3) is 10.6. The van der Waals surface area contributed by atoms with E-state index in [0.717, 1.165) is 6.07 Å². The zero-order valence-electron chi connectivity index (χ0n) is 22.3. The number of alkyl carbamates (subject to hydrolysis) is 2. The number of carboxylic acid groups (broad SMARTS) is 1. The molecule has 0 saturated carbocycles. The summed E-state index contributed by atoms with van der Waals surface area (Å²) in [5, 5.41) is 27.5. The molecule has 1 aromatic heterocycles. The topological polar surface area (TPSA) is 161 Å². The second-order valence-corrected chi connectivity index (χ2v) is 10.5. The van der Waals surface area contributed by atoms with Crippen LogP contribution in [0.25, 0.3) is 11.1 Å². The van der Waals surface area contributed by atoms with Gasteiger partial charge >= 0.3 is 18.2 Å². The number of amides is 2. The van der Waals surface area contributed by atoms with Gasteiger partial charge in [-0.2, -0.15) is 5.10 Å². The van der Waals surface area contributed by atoms with Gasteiger partial charge in [0, 0.05) is 29.9 Å². The lowest BCUT2D eigenvalue weighted by Gasteiger charge is -2.25. The number of rotatable bonds is 10. The van der Waals surface area contributed by atoms with E-state index in [4.69, 9.17) is 19.3 Å². The summed E-state index contributed by atoms with van der Waals surface area (Å²) in [7, 11) is 0. The molecule has 0 spiro atoms. The molecule has 1 aromatic carbocycles. The smallest absolute Gasteiger partial charge is 0.407 e. The number of hydrogen-bond acceptors (Lipinski definition) is 8. The summed E-state index contributed by atoms with van der Waals surface area (Å²) in [6, 6.07) is 3.28. The van der Waals surface area contributed by atoms with Crippen LogP contribution in [0.2, 0.25) is 0 Å². The summed E-state index contributed by atoms with van der Waals surface area (Å²) < 4.78 is 31.9. The van der Waals surface area contributed by atoms with E-state index in [0.29, 0.717) is 5.56 Å². The molecule has 0 aliphatic heterocycles. The van der Waals surface area contributed by atoms with Gasteiger partial charge in [0.1, 0.15) is 29.4 Å². The van der Waals surface area contributed by atoms with Crippen LogP contribution >= 0.6 is 0 Å². The average molecular weight is 539 g/mol. The second kappa shape index (κ2) is 12.6. The number of halogens is 1. The Morgan fingerprint density at radius 2 is 1.71 bits per heavy atom. The first-order chi connectivity index (χ1) is 17.5. The zero-order chi connectivity index (χ0) is 28.7. The lowest BCUT2D eigenvalue weighted by atomic mass is 10.1. The molecule has 0 radical (unpaired) electrons. The predicted octanol–water partition coefficient (Wildman–Crippen LogP) is 2.93. The fourth-order valence-electron chi connectivity index (χ4n) is 3.05. The number of aliphatic carboxylic acids is 1. The van der Waals surface area contributed by atoms with Crippen molar-refractivity contribution in [3.8, 4) is 16.9 Å². The van der Waals surface area contributed by atoms with Gasteiger partial charge in [-0.15, -0.1) is 0 Å². The standard InChI is InChI=1S/C25H35FN4O8/c1-24(2,3)37-22(34)27-11-16(29-23(35)38-25(4,5)6)13-30-12-15(10-28-30)18-8-7-17(9-19(18)26)36-14-20(31)21(32)33/h7-10,12,16,20,31H,11,13-14H2,1-6H3,(H,27,34)(H,29,35)(H,32,33)/t16?,20-/m1/s1. The summed E-state index contributed by atoms with van der Waals surface area (Å²) in [5.74, 6) is -2.05. The number of aliphatic hydroxyl groups is 1. The lowest BCUT2D eigenvalue weighted by Crippen LogP contribution is -2.48. The molecule has 12 nitrogen and oxygen atoms in total. The first-order valence-electron chi connectivity index (χ1n) is 11.8. The Morgan fingerprint density at radius 1 is 1.08 bits per heavy atom. The van der Waals surface area contributed by atoms with Crippen LogP contribution in [-0.4, -0.2) is 74.6 Å². The zero-order valence-corrected chi connectivity index (χ0v) is 22.3. The Labute approximate surface area is 220 Å². The third-order valence-corrected chi connectivity index (χ3v) is 4.60. The minimum absolute atomic E-state index is 0.00589. The van der Waals surface area contributed by atoms with Crippen molar-refractivity contribution < 1.29 is 43.2 Å². The summed E-state index contributed by atoms with van der Waals surface area (Å²) in [4.78, 5) is 35.1. The van der Waals surface area contributed by atoms with E-state index in [-0.39, 0.29) is 24.4 Å². The van der Waals surface area contributed by atoms with E-state index < -0.39 is 53.9 Å². The highest BCUT2D eigenvalue weighted by atomic mass is 19.1. The number of ether oxygens (including phenoxy) is 3. The molecule has 0 aliphatic rings.